The molecular formula is C9H17NO+. The molecule has 0 spiro atoms. The molecule has 0 bridgehead atoms. The van der Waals surface area contributed by atoms with Crippen LogP contribution in [0.3, 0.4) is 0 Å². The van der Waals surface area contributed by atoms with Gasteiger partial charge < -0.3 is 4.74 Å². The van der Waals surface area contributed by atoms with Gasteiger partial charge in [0.05, 0.1) is 0 Å². The zero-order valence-electron chi connectivity index (χ0n) is 7.42. The molecule has 2 unspecified atom stereocenters. The number of rotatable bonds is 2. The van der Waals surface area contributed by atoms with Gasteiger partial charge in [-0.2, -0.15) is 4.90 Å². The van der Waals surface area contributed by atoms with Gasteiger partial charge in [-0.05, 0) is 19.9 Å². The van der Waals surface area contributed by atoms with Gasteiger partial charge in [0.1, 0.15) is 31.8 Å². The molecule has 1 rings (SSSR count). The average molecular weight is 155 g/mol. The molecular weight excluding hydrogens is 138 g/mol. The molecule has 1 fully saturated rings. The Morgan fingerprint density at radius 2 is 2.00 bits per heavy atom. The molecule has 63 valence electrons. The molecule has 11 heavy (non-hydrogen) atoms. The summed E-state index contributed by atoms with van der Waals surface area (Å²) in [7, 11) is 0. The molecule has 0 aliphatic carbocycles. The Labute approximate surface area is 68.8 Å². The molecule has 0 N–H and O–H groups in total. The molecule has 2 atom stereocenters. The lowest BCUT2D eigenvalue weighted by molar-refractivity contribution is -0.0389. The van der Waals surface area contributed by atoms with E-state index in [2.05, 4.69) is 25.3 Å². The Bertz CT molecular complexity index is 126. The molecule has 1 heterocycles. The van der Waals surface area contributed by atoms with Crippen LogP contribution in [-0.4, -0.2) is 31.8 Å². The van der Waals surface area contributed by atoms with Gasteiger partial charge in [-0.25, -0.2) is 0 Å². The summed E-state index contributed by atoms with van der Waals surface area (Å²) in [6.07, 6.45) is 2.70. The molecule has 0 aromatic rings. The maximum Gasteiger partial charge on any atom is 0.149 e. The maximum absolute atomic E-state index is 5.59. The van der Waals surface area contributed by atoms with Crippen molar-refractivity contribution in [1.29, 1.82) is 0 Å². The summed E-state index contributed by atoms with van der Waals surface area (Å²) < 4.78 is 5.59. The third-order valence-electron chi connectivity index (χ3n) is 1.88. The summed E-state index contributed by atoms with van der Waals surface area (Å²) in [6.45, 7) is 11.0. The molecule has 0 amide bonds. The van der Waals surface area contributed by atoms with Gasteiger partial charge in [-0.3, -0.25) is 0 Å². The standard InChI is InChI=1S/C9H17NO/c1-4-5-10-6-8(2)11-9(3)7-10/h4,8-9H,1,5-7H2,2-3H3/q+1. The molecule has 0 saturated carbocycles. The van der Waals surface area contributed by atoms with Crippen molar-refractivity contribution in [3.63, 3.8) is 0 Å². The minimum Gasteiger partial charge on any atom is -0.363 e. The van der Waals surface area contributed by atoms with E-state index in [-0.39, 0.29) is 0 Å². The van der Waals surface area contributed by atoms with Crippen LogP contribution in [-0.2, 0) is 4.74 Å². The van der Waals surface area contributed by atoms with E-state index in [1.807, 2.05) is 6.08 Å². The number of morpholine rings is 1. The first kappa shape index (κ1) is 8.75. The molecule has 1 aliphatic rings. The third kappa shape index (κ3) is 2.64. The highest BCUT2D eigenvalue weighted by molar-refractivity contribution is 4.83. The van der Waals surface area contributed by atoms with E-state index in [9.17, 15) is 0 Å². The maximum atomic E-state index is 5.59. The van der Waals surface area contributed by atoms with Gasteiger partial charge in [-0.1, -0.05) is 6.58 Å². The van der Waals surface area contributed by atoms with Crippen LogP contribution in [0.25, 0.3) is 0 Å². The Kier molecular flexibility index (Phi) is 3.09. The number of nitrogens with zero attached hydrogens (tertiary/aromatic N) is 1. The minimum absolute atomic E-state index is 0.374. The molecule has 1 aliphatic heterocycles. The summed E-state index contributed by atoms with van der Waals surface area (Å²) in [4.78, 5) is 2.37. The van der Waals surface area contributed by atoms with Crippen molar-refractivity contribution in [3.8, 4) is 0 Å². The second-order valence-electron chi connectivity index (χ2n) is 3.26. The highest BCUT2D eigenvalue weighted by Crippen LogP contribution is 2.07. The Morgan fingerprint density at radius 1 is 1.45 bits per heavy atom. The van der Waals surface area contributed by atoms with E-state index in [1.54, 1.807) is 0 Å². The predicted octanol–water partition coefficient (Wildman–Crippen LogP) is 1.12. The highest BCUT2D eigenvalue weighted by atomic mass is 16.5. The summed E-state index contributed by atoms with van der Waals surface area (Å²) in [5.74, 6) is 0. The van der Waals surface area contributed by atoms with Crippen LogP contribution >= 0.6 is 0 Å². The van der Waals surface area contributed by atoms with Crippen LogP contribution in [0, 0.1) is 0 Å². The van der Waals surface area contributed by atoms with Crippen LogP contribution < -0.4 is 4.90 Å². The first-order chi connectivity index (χ1) is 5.22. The van der Waals surface area contributed by atoms with Crippen LogP contribution in [0.15, 0.2) is 12.7 Å². The lowest BCUT2D eigenvalue weighted by Crippen LogP contribution is -2.49. The first-order valence-electron chi connectivity index (χ1n) is 4.21. The Hall–Kier alpha value is -0.340. The third-order valence-corrected chi connectivity index (χ3v) is 1.88. The van der Waals surface area contributed by atoms with Crippen molar-refractivity contribution in [3.05, 3.63) is 12.7 Å². The van der Waals surface area contributed by atoms with Crippen molar-refractivity contribution >= 4 is 0 Å². The number of hydrogen-bond donors (Lipinski definition) is 0. The fourth-order valence-electron chi connectivity index (χ4n) is 1.62. The normalized spacial score (nSPS) is 33.6. The van der Waals surface area contributed by atoms with Gasteiger partial charge >= 0.3 is 0 Å². The van der Waals surface area contributed by atoms with Crippen LogP contribution in [0.1, 0.15) is 13.8 Å². The quantitative estimate of drug-likeness (QED) is 0.431. The lowest BCUT2D eigenvalue weighted by atomic mass is 10.2. The van der Waals surface area contributed by atoms with Crippen molar-refractivity contribution in [2.24, 2.45) is 0 Å². The Balaban J connectivity index is 2.36. The minimum atomic E-state index is 0.374. The number of ether oxygens (including phenoxy) is 1. The molecule has 0 aromatic carbocycles. The summed E-state index contributed by atoms with van der Waals surface area (Å²) in [6, 6.07) is 0. The highest BCUT2D eigenvalue weighted by Gasteiger charge is 2.28. The van der Waals surface area contributed by atoms with Crippen LogP contribution in [0.2, 0.25) is 0 Å². The zero-order chi connectivity index (χ0) is 8.27. The van der Waals surface area contributed by atoms with Gasteiger partial charge in [0.15, 0.2) is 0 Å². The van der Waals surface area contributed by atoms with E-state index in [0.717, 1.165) is 19.6 Å². The zero-order valence-corrected chi connectivity index (χ0v) is 7.42. The predicted molar refractivity (Wildman–Crippen MR) is 46.9 cm³/mol. The molecule has 2 nitrogen and oxygen atoms in total. The molecule has 2 heteroatoms. The fourth-order valence-corrected chi connectivity index (χ4v) is 1.62. The van der Waals surface area contributed by atoms with E-state index >= 15 is 0 Å². The topological polar surface area (TPSA) is 15.1 Å². The molecule has 1 radical (unpaired) electrons. The van der Waals surface area contributed by atoms with Crippen molar-refractivity contribution in [2.45, 2.75) is 26.1 Å². The second-order valence-corrected chi connectivity index (χ2v) is 3.26. The summed E-state index contributed by atoms with van der Waals surface area (Å²) >= 11 is 0. The van der Waals surface area contributed by atoms with Crippen LogP contribution in [0.5, 0.6) is 0 Å². The van der Waals surface area contributed by atoms with E-state index in [0.29, 0.717) is 12.2 Å². The van der Waals surface area contributed by atoms with Gasteiger partial charge in [0.25, 0.3) is 0 Å². The smallest absolute Gasteiger partial charge is 0.149 e. The van der Waals surface area contributed by atoms with E-state index in [4.69, 9.17) is 4.74 Å². The van der Waals surface area contributed by atoms with Crippen molar-refractivity contribution < 1.29 is 4.74 Å². The largest absolute Gasteiger partial charge is 0.363 e. The Morgan fingerprint density at radius 3 is 2.45 bits per heavy atom. The first-order valence-corrected chi connectivity index (χ1v) is 4.21. The molecule has 1 saturated heterocycles. The number of hydrogen-bond acceptors (Lipinski definition) is 2. The molecule has 0 aromatic heterocycles. The van der Waals surface area contributed by atoms with E-state index in [1.165, 1.54) is 0 Å². The van der Waals surface area contributed by atoms with Gasteiger partial charge in [0.2, 0.25) is 0 Å². The van der Waals surface area contributed by atoms with Gasteiger partial charge in [-0.15, -0.1) is 0 Å². The van der Waals surface area contributed by atoms with Crippen LogP contribution in [0.4, 0.5) is 0 Å². The average Bonchev–Trinajstić information content (AvgIpc) is 1.85. The lowest BCUT2D eigenvalue weighted by Gasteiger charge is -2.26. The van der Waals surface area contributed by atoms with Crippen molar-refractivity contribution in [1.82, 2.24) is 4.90 Å². The summed E-state index contributed by atoms with van der Waals surface area (Å²) in [5, 5.41) is 0. The van der Waals surface area contributed by atoms with Gasteiger partial charge in [0, 0.05) is 0 Å². The second kappa shape index (κ2) is 3.88. The monoisotopic (exact) mass is 155 g/mol. The summed E-state index contributed by atoms with van der Waals surface area (Å²) in [5.41, 5.74) is 0. The fraction of sp³-hybridized carbons (Fsp3) is 0.778. The SMILES string of the molecule is C=CC[N+]1CC(C)OC(C)C1. The van der Waals surface area contributed by atoms with E-state index < -0.39 is 0 Å². The van der Waals surface area contributed by atoms with Crippen molar-refractivity contribution in [2.75, 3.05) is 19.6 Å².